The molecule has 0 atom stereocenters. The molecule has 1 aromatic carbocycles. The lowest BCUT2D eigenvalue weighted by atomic mass is 9.66. The van der Waals surface area contributed by atoms with E-state index in [0.29, 0.717) is 5.84 Å². The Labute approximate surface area is 139 Å². The molecular weight excluding hydrogens is 282 g/mol. The molecule has 1 spiro atoms. The first kappa shape index (κ1) is 15.9. The highest BCUT2D eigenvalue weighted by Crippen LogP contribution is 2.46. The van der Waals surface area contributed by atoms with Crippen LogP contribution in [0.25, 0.3) is 5.70 Å². The molecule has 0 radical (unpaired) electrons. The zero-order valence-electron chi connectivity index (χ0n) is 14.3. The highest BCUT2D eigenvalue weighted by atomic mass is 15.1. The molecule has 0 saturated carbocycles. The number of piperidine rings is 1. The largest absolute Gasteiger partial charge is 0.387 e. The van der Waals surface area contributed by atoms with Crippen LogP contribution >= 0.6 is 0 Å². The summed E-state index contributed by atoms with van der Waals surface area (Å²) in [6.45, 7) is 10.4. The van der Waals surface area contributed by atoms with Gasteiger partial charge in [-0.05, 0) is 38.2 Å². The Kier molecular flexibility index (Phi) is 4.29. The average molecular weight is 309 g/mol. The normalized spacial score (nSPS) is 20.2. The van der Waals surface area contributed by atoms with Gasteiger partial charge in [0.15, 0.2) is 0 Å². The summed E-state index contributed by atoms with van der Waals surface area (Å²) in [5, 5.41) is 0. The summed E-state index contributed by atoms with van der Waals surface area (Å²) in [5.74, 6) is 0.621. The van der Waals surface area contributed by atoms with Crippen LogP contribution in [0.15, 0.2) is 47.6 Å². The van der Waals surface area contributed by atoms with Crippen LogP contribution in [0.2, 0.25) is 0 Å². The van der Waals surface area contributed by atoms with Crippen LogP contribution in [0, 0.1) is 0 Å². The Bertz CT molecular complexity index is 657. The van der Waals surface area contributed by atoms with Crippen molar-refractivity contribution in [3.63, 3.8) is 0 Å². The monoisotopic (exact) mass is 309 g/mol. The van der Waals surface area contributed by atoms with Gasteiger partial charge in [-0.2, -0.15) is 0 Å². The lowest BCUT2D eigenvalue weighted by Crippen LogP contribution is -2.43. The number of nitrogens with two attached hydrogens (primary N) is 1. The van der Waals surface area contributed by atoms with Crippen molar-refractivity contribution in [1.82, 2.24) is 4.90 Å². The molecule has 2 N–H and O–H groups in total. The highest BCUT2D eigenvalue weighted by molar-refractivity contribution is 5.86. The maximum absolute atomic E-state index is 5.81. The van der Waals surface area contributed by atoms with Crippen LogP contribution in [0.5, 0.6) is 0 Å². The van der Waals surface area contributed by atoms with Crippen LogP contribution in [0.1, 0.15) is 50.7 Å². The predicted molar refractivity (Wildman–Crippen MR) is 98.2 cm³/mol. The number of rotatable bonds is 3. The first-order valence-corrected chi connectivity index (χ1v) is 8.59. The van der Waals surface area contributed by atoms with Gasteiger partial charge in [-0.3, -0.25) is 0 Å². The minimum atomic E-state index is 0.253. The quantitative estimate of drug-likeness (QED) is 0.675. The molecule has 0 amide bonds. The van der Waals surface area contributed by atoms with Crippen molar-refractivity contribution in [2.45, 2.75) is 44.9 Å². The number of aliphatic imine (C=N–C) groups is 1. The van der Waals surface area contributed by atoms with Crippen molar-refractivity contribution in [3.05, 3.63) is 53.7 Å². The Balaban J connectivity index is 1.91. The van der Waals surface area contributed by atoms with E-state index in [1.54, 1.807) is 0 Å². The van der Waals surface area contributed by atoms with Crippen LogP contribution in [-0.2, 0) is 5.41 Å². The summed E-state index contributed by atoms with van der Waals surface area (Å²) in [7, 11) is 0. The maximum atomic E-state index is 5.81. The van der Waals surface area contributed by atoms with Crippen LogP contribution in [0.4, 0.5) is 0 Å². The Morgan fingerprint density at radius 1 is 1.30 bits per heavy atom. The van der Waals surface area contributed by atoms with E-state index in [-0.39, 0.29) is 5.41 Å². The van der Waals surface area contributed by atoms with Gasteiger partial charge < -0.3 is 10.6 Å². The molecule has 1 saturated heterocycles. The van der Waals surface area contributed by atoms with Gasteiger partial charge in [0.05, 0.1) is 11.5 Å². The molecule has 1 aromatic rings. The van der Waals surface area contributed by atoms with Crippen molar-refractivity contribution < 1.29 is 0 Å². The summed E-state index contributed by atoms with van der Waals surface area (Å²) in [5.41, 5.74) is 11.1. The molecular formula is C20H27N3. The second kappa shape index (κ2) is 6.23. The van der Waals surface area contributed by atoms with Gasteiger partial charge in [0.1, 0.15) is 0 Å². The van der Waals surface area contributed by atoms with E-state index in [1.807, 2.05) is 6.92 Å². The van der Waals surface area contributed by atoms with Gasteiger partial charge in [0.2, 0.25) is 0 Å². The van der Waals surface area contributed by atoms with E-state index >= 15 is 0 Å². The number of hydrogen-bond acceptors (Lipinski definition) is 2. The van der Waals surface area contributed by atoms with Crippen molar-refractivity contribution >= 4 is 11.5 Å². The van der Waals surface area contributed by atoms with Crippen molar-refractivity contribution in [3.8, 4) is 0 Å². The average Bonchev–Trinajstić information content (AvgIpc) is 2.57. The van der Waals surface area contributed by atoms with E-state index in [2.05, 4.69) is 53.7 Å². The molecule has 1 fully saturated rings. The second-order valence-corrected chi connectivity index (χ2v) is 6.78. The molecule has 3 rings (SSSR count). The minimum Gasteiger partial charge on any atom is -0.387 e. The predicted octanol–water partition coefficient (Wildman–Crippen LogP) is 4.07. The zero-order chi connectivity index (χ0) is 16.4. The van der Waals surface area contributed by atoms with Gasteiger partial charge in [-0.15, -0.1) is 0 Å². The van der Waals surface area contributed by atoms with Crippen LogP contribution < -0.4 is 5.73 Å². The summed E-state index contributed by atoms with van der Waals surface area (Å²) < 4.78 is 0. The fourth-order valence-corrected chi connectivity index (χ4v) is 3.92. The number of fused-ring (bicyclic) bond motifs is 2. The number of likely N-dealkylation sites (tertiary alicyclic amines) is 1. The molecule has 1 aliphatic heterocycles. The maximum Gasteiger partial charge on any atom is 0.0965 e. The highest BCUT2D eigenvalue weighted by Gasteiger charge is 2.39. The van der Waals surface area contributed by atoms with Gasteiger partial charge in [-0.1, -0.05) is 43.8 Å². The Morgan fingerprint density at radius 2 is 2.00 bits per heavy atom. The number of nitrogens with zero attached hydrogens (tertiary/aromatic N) is 2. The molecule has 3 heteroatoms. The standard InChI is InChI=1S/C20H27N3/c1-4-15(2)23-13-11-20(12-14-23)10-9-19(22-16(3)21)17-7-5-6-8-18(17)20/h5-9H,2,4,10-14H2,1,3H3,(H2,21,22). The Morgan fingerprint density at radius 3 is 2.65 bits per heavy atom. The van der Waals surface area contributed by atoms with E-state index < -0.39 is 0 Å². The molecule has 0 bridgehead atoms. The topological polar surface area (TPSA) is 41.6 Å². The molecule has 23 heavy (non-hydrogen) atoms. The van der Waals surface area contributed by atoms with Gasteiger partial charge >= 0.3 is 0 Å². The number of hydrogen-bond donors (Lipinski definition) is 1. The molecule has 2 aliphatic rings. The number of amidine groups is 1. The zero-order valence-corrected chi connectivity index (χ0v) is 14.3. The number of allylic oxidation sites excluding steroid dienone is 2. The summed E-state index contributed by atoms with van der Waals surface area (Å²) >= 11 is 0. The van der Waals surface area contributed by atoms with Crippen LogP contribution in [0.3, 0.4) is 0 Å². The number of benzene rings is 1. The van der Waals surface area contributed by atoms with Crippen molar-refractivity contribution in [1.29, 1.82) is 0 Å². The van der Waals surface area contributed by atoms with Gasteiger partial charge in [0.25, 0.3) is 0 Å². The molecule has 0 unspecified atom stereocenters. The first-order chi connectivity index (χ1) is 11.1. The smallest absolute Gasteiger partial charge is 0.0965 e. The molecule has 0 aromatic heterocycles. The fraction of sp³-hybridized carbons (Fsp3) is 0.450. The summed E-state index contributed by atoms with van der Waals surface area (Å²) in [4.78, 5) is 7.00. The van der Waals surface area contributed by atoms with Crippen molar-refractivity contribution in [2.75, 3.05) is 13.1 Å². The third kappa shape index (κ3) is 2.92. The minimum absolute atomic E-state index is 0.253. The summed E-state index contributed by atoms with van der Waals surface area (Å²) in [6, 6.07) is 8.72. The SMILES string of the molecule is C=C(CC)N1CCC2(CC=C(N=C(C)N)c3ccccc32)CC1. The fourth-order valence-electron chi connectivity index (χ4n) is 3.92. The molecule has 3 nitrogen and oxygen atoms in total. The molecule has 1 heterocycles. The van der Waals surface area contributed by atoms with E-state index in [0.717, 1.165) is 31.6 Å². The van der Waals surface area contributed by atoms with Gasteiger partial charge in [0, 0.05) is 29.8 Å². The van der Waals surface area contributed by atoms with Crippen LogP contribution in [-0.4, -0.2) is 23.8 Å². The summed E-state index contributed by atoms with van der Waals surface area (Å²) in [6.07, 6.45) is 6.74. The van der Waals surface area contributed by atoms with Gasteiger partial charge in [-0.25, -0.2) is 4.99 Å². The third-order valence-corrected chi connectivity index (χ3v) is 5.33. The second-order valence-electron chi connectivity index (χ2n) is 6.78. The lowest BCUT2D eigenvalue weighted by molar-refractivity contribution is 0.190. The Hall–Kier alpha value is -2.03. The third-order valence-electron chi connectivity index (χ3n) is 5.33. The van der Waals surface area contributed by atoms with E-state index in [1.165, 1.54) is 29.7 Å². The van der Waals surface area contributed by atoms with E-state index in [9.17, 15) is 0 Å². The molecule has 1 aliphatic carbocycles. The first-order valence-electron chi connectivity index (χ1n) is 8.59. The molecule has 122 valence electrons. The van der Waals surface area contributed by atoms with E-state index in [4.69, 9.17) is 5.73 Å². The van der Waals surface area contributed by atoms with Crippen molar-refractivity contribution in [2.24, 2.45) is 10.7 Å². The lowest BCUT2D eigenvalue weighted by Gasteiger charge is -2.45.